The quantitative estimate of drug-likeness (QED) is 0.0709. The van der Waals surface area contributed by atoms with Crippen LogP contribution in [0.2, 0.25) is 0 Å². The molecular weight excluding hydrogens is 448 g/mol. The maximum atomic E-state index is 5.87. The van der Waals surface area contributed by atoms with Crippen LogP contribution in [0.15, 0.2) is 0 Å². The lowest BCUT2D eigenvalue weighted by molar-refractivity contribution is -0.916. The van der Waals surface area contributed by atoms with E-state index in [4.69, 9.17) is 5.73 Å². The van der Waals surface area contributed by atoms with E-state index < -0.39 is 0 Å². The minimum Gasteiger partial charge on any atom is -0.330 e. The zero-order valence-electron chi connectivity index (χ0n) is 26.8. The Bertz CT molecular complexity index is 419. The van der Waals surface area contributed by atoms with Crippen molar-refractivity contribution in [1.29, 1.82) is 0 Å². The van der Waals surface area contributed by atoms with E-state index >= 15 is 0 Å². The topological polar surface area (TPSA) is 26.0 Å². The predicted molar refractivity (Wildman–Crippen MR) is 170 cm³/mol. The molecular formula is C35H75N2+. The van der Waals surface area contributed by atoms with Crippen molar-refractivity contribution < 1.29 is 4.48 Å². The van der Waals surface area contributed by atoms with Gasteiger partial charge in [0, 0.05) is 6.42 Å². The zero-order chi connectivity index (χ0) is 27.3. The van der Waals surface area contributed by atoms with Gasteiger partial charge in [0.25, 0.3) is 0 Å². The van der Waals surface area contributed by atoms with Gasteiger partial charge in [-0.3, -0.25) is 0 Å². The van der Waals surface area contributed by atoms with Gasteiger partial charge in [-0.05, 0) is 32.2 Å². The fourth-order valence-corrected chi connectivity index (χ4v) is 6.14. The van der Waals surface area contributed by atoms with Gasteiger partial charge in [0.15, 0.2) is 0 Å². The molecule has 0 spiro atoms. The molecule has 224 valence electrons. The molecule has 0 radical (unpaired) electrons. The van der Waals surface area contributed by atoms with Gasteiger partial charge in [0.05, 0.1) is 26.7 Å². The summed E-state index contributed by atoms with van der Waals surface area (Å²) in [5.74, 6) is 0. The lowest BCUT2D eigenvalue weighted by atomic mass is 9.97. The Morgan fingerprint density at radius 1 is 0.405 bits per heavy atom. The van der Waals surface area contributed by atoms with Crippen LogP contribution in [-0.4, -0.2) is 37.7 Å². The average molecular weight is 524 g/mol. The standard InChI is InChI=1S/C35H75N2/c1-5-7-9-11-13-15-17-18-19-21-23-25-27-29-32-35(37(3,4)34-30-33-36)31-28-26-24-22-20-16-14-12-10-8-6-2/h35H,5-34,36H2,1-4H3/q+1. The van der Waals surface area contributed by atoms with Crippen molar-refractivity contribution in [1.82, 2.24) is 0 Å². The molecule has 2 nitrogen and oxygen atoms in total. The van der Waals surface area contributed by atoms with E-state index in [1.165, 1.54) is 191 Å². The number of nitrogens with two attached hydrogens (primary N) is 1. The SMILES string of the molecule is CCCCCCCCCCCCCCCCC(CCCCCCCCCCCCC)[N+](C)(C)CCCN. The van der Waals surface area contributed by atoms with Crippen LogP contribution in [0.25, 0.3) is 0 Å². The molecule has 0 aliphatic rings. The molecule has 0 aliphatic carbocycles. The number of rotatable bonds is 31. The van der Waals surface area contributed by atoms with E-state index in [-0.39, 0.29) is 0 Å². The lowest BCUT2D eigenvalue weighted by Crippen LogP contribution is -2.49. The summed E-state index contributed by atoms with van der Waals surface area (Å²) in [7, 11) is 4.95. The van der Waals surface area contributed by atoms with E-state index in [0.717, 1.165) is 12.6 Å². The fraction of sp³-hybridized carbons (Fsp3) is 1.00. The van der Waals surface area contributed by atoms with Gasteiger partial charge in [-0.2, -0.15) is 0 Å². The highest BCUT2D eigenvalue weighted by atomic mass is 15.3. The minimum atomic E-state index is 0.836. The molecule has 0 fully saturated rings. The molecule has 0 aromatic heterocycles. The van der Waals surface area contributed by atoms with Crippen LogP contribution in [-0.2, 0) is 0 Å². The van der Waals surface area contributed by atoms with Crippen molar-refractivity contribution in [3.63, 3.8) is 0 Å². The summed E-state index contributed by atoms with van der Waals surface area (Å²) in [5, 5.41) is 0. The van der Waals surface area contributed by atoms with Gasteiger partial charge >= 0.3 is 0 Å². The highest BCUT2D eigenvalue weighted by molar-refractivity contribution is 4.62. The third kappa shape index (κ3) is 25.9. The number of hydrogen-bond donors (Lipinski definition) is 1. The van der Waals surface area contributed by atoms with Crippen LogP contribution >= 0.6 is 0 Å². The summed E-state index contributed by atoms with van der Waals surface area (Å²) in [6, 6.07) is 0.836. The third-order valence-corrected chi connectivity index (χ3v) is 8.96. The molecule has 0 aromatic rings. The Morgan fingerprint density at radius 3 is 0.946 bits per heavy atom. The van der Waals surface area contributed by atoms with Crippen molar-refractivity contribution in [2.24, 2.45) is 5.73 Å². The highest BCUT2D eigenvalue weighted by Gasteiger charge is 2.26. The normalized spacial score (nSPS) is 12.9. The van der Waals surface area contributed by atoms with Gasteiger partial charge < -0.3 is 10.2 Å². The van der Waals surface area contributed by atoms with E-state index in [1.807, 2.05) is 0 Å². The molecule has 0 rings (SSSR count). The monoisotopic (exact) mass is 524 g/mol. The van der Waals surface area contributed by atoms with E-state index in [9.17, 15) is 0 Å². The van der Waals surface area contributed by atoms with Gasteiger partial charge in [-0.25, -0.2) is 0 Å². The van der Waals surface area contributed by atoms with Crippen LogP contribution in [0.4, 0.5) is 0 Å². The first-order valence-electron chi connectivity index (χ1n) is 17.6. The number of nitrogens with zero attached hydrogens (tertiary/aromatic N) is 1. The van der Waals surface area contributed by atoms with Crippen LogP contribution in [0.1, 0.15) is 194 Å². The number of unbranched alkanes of at least 4 members (excludes halogenated alkanes) is 23. The van der Waals surface area contributed by atoms with Crippen LogP contribution in [0.5, 0.6) is 0 Å². The Kier molecular flexibility index (Phi) is 28.9. The van der Waals surface area contributed by atoms with Crippen LogP contribution in [0, 0.1) is 0 Å². The van der Waals surface area contributed by atoms with Crippen molar-refractivity contribution >= 4 is 0 Å². The molecule has 0 aromatic carbocycles. The van der Waals surface area contributed by atoms with Crippen molar-refractivity contribution in [3.05, 3.63) is 0 Å². The summed E-state index contributed by atoms with van der Waals surface area (Å²) in [6.45, 7) is 6.70. The first-order chi connectivity index (χ1) is 18.1. The average Bonchev–Trinajstić information content (AvgIpc) is 2.89. The van der Waals surface area contributed by atoms with Crippen molar-refractivity contribution in [2.75, 3.05) is 27.2 Å². The second-order valence-electron chi connectivity index (χ2n) is 13.0. The first kappa shape index (κ1) is 36.9. The van der Waals surface area contributed by atoms with Crippen molar-refractivity contribution in [2.45, 2.75) is 200 Å². The largest absolute Gasteiger partial charge is 0.330 e. The Labute approximate surface area is 236 Å². The molecule has 0 saturated carbocycles. The maximum Gasteiger partial charge on any atom is 0.0886 e. The van der Waals surface area contributed by atoms with Gasteiger partial charge in [-0.1, -0.05) is 162 Å². The molecule has 37 heavy (non-hydrogen) atoms. The molecule has 2 N–H and O–H groups in total. The molecule has 2 heteroatoms. The van der Waals surface area contributed by atoms with E-state index in [0.29, 0.717) is 0 Å². The maximum absolute atomic E-state index is 5.87. The smallest absolute Gasteiger partial charge is 0.0886 e. The summed E-state index contributed by atoms with van der Waals surface area (Å²) >= 11 is 0. The second kappa shape index (κ2) is 28.9. The van der Waals surface area contributed by atoms with E-state index in [1.54, 1.807) is 0 Å². The Morgan fingerprint density at radius 2 is 0.676 bits per heavy atom. The van der Waals surface area contributed by atoms with Crippen molar-refractivity contribution in [3.8, 4) is 0 Å². The van der Waals surface area contributed by atoms with Crippen LogP contribution in [0.3, 0.4) is 0 Å². The van der Waals surface area contributed by atoms with E-state index in [2.05, 4.69) is 27.9 Å². The molecule has 0 heterocycles. The molecule has 1 atom stereocenters. The molecule has 1 unspecified atom stereocenters. The number of hydrogen-bond acceptors (Lipinski definition) is 1. The minimum absolute atomic E-state index is 0.836. The highest BCUT2D eigenvalue weighted by Crippen LogP contribution is 2.23. The Hall–Kier alpha value is -0.0800. The molecule has 0 saturated heterocycles. The third-order valence-electron chi connectivity index (χ3n) is 8.96. The van der Waals surface area contributed by atoms with Gasteiger partial charge in [-0.15, -0.1) is 0 Å². The fourth-order valence-electron chi connectivity index (χ4n) is 6.14. The van der Waals surface area contributed by atoms with Gasteiger partial charge in [0.1, 0.15) is 0 Å². The lowest BCUT2D eigenvalue weighted by Gasteiger charge is -2.38. The summed E-state index contributed by atoms with van der Waals surface area (Å²) in [6.07, 6.45) is 40.3. The molecule has 0 amide bonds. The number of quaternary nitrogens is 1. The van der Waals surface area contributed by atoms with Gasteiger partial charge in [0.2, 0.25) is 0 Å². The molecule has 0 bridgehead atoms. The predicted octanol–water partition coefficient (Wildman–Crippen LogP) is 11.4. The Balaban J connectivity index is 3.87. The van der Waals surface area contributed by atoms with Crippen LogP contribution < -0.4 is 5.73 Å². The molecule has 0 aliphatic heterocycles. The first-order valence-corrected chi connectivity index (χ1v) is 17.6. The summed E-state index contributed by atoms with van der Waals surface area (Å²) in [5.41, 5.74) is 5.87. The summed E-state index contributed by atoms with van der Waals surface area (Å²) < 4.78 is 1.19. The zero-order valence-corrected chi connectivity index (χ0v) is 26.8. The second-order valence-corrected chi connectivity index (χ2v) is 13.0. The summed E-state index contributed by atoms with van der Waals surface area (Å²) in [4.78, 5) is 0.